The first kappa shape index (κ1) is 16.3. The van der Waals surface area contributed by atoms with Gasteiger partial charge in [0.15, 0.2) is 0 Å². The molecule has 1 aliphatic carbocycles. The molecule has 0 bridgehead atoms. The van der Waals surface area contributed by atoms with Crippen molar-refractivity contribution < 1.29 is 17.9 Å². The van der Waals surface area contributed by atoms with Gasteiger partial charge in [-0.3, -0.25) is 4.98 Å². The van der Waals surface area contributed by atoms with Crippen molar-refractivity contribution in [3.05, 3.63) is 24.3 Å². The first-order valence-corrected chi connectivity index (χ1v) is 8.75. The molecule has 1 saturated carbocycles. The summed E-state index contributed by atoms with van der Waals surface area (Å²) in [5.41, 5.74) is 0. The Kier molecular flexibility index (Phi) is 5.66. The van der Waals surface area contributed by atoms with Gasteiger partial charge in [0.2, 0.25) is 10.0 Å². The fourth-order valence-electron chi connectivity index (χ4n) is 2.87. The maximum atomic E-state index is 13.1. The number of hydrogen-bond acceptors (Lipinski definition) is 4. The van der Waals surface area contributed by atoms with Crippen LogP contribution in [-0.4, -0.2) is 31.2 Å². The Hall–Kier alpha value is -1.05. The SMILES string of the molecule is O=S(=O)(N[C@H](CCO)C1CCCCC1)c1cncc(F)c1. The molecule has 0 unspecified atom stereocenters. The first-order valence-electron chi connectivity index (χ1n) is 7.26. The second-order valence-corrected chi connectivity index (χ2v) is 7.19. The molecule has 1 aromatic rings. The average Bonchev–Trinajstić information content (AvgIpc) is 2.47. The molecule has 1 aliphatic rings. The normalized spacial score (nSPS) is 18.6. The number of aliphatic hydroxyl groups excluding tert-OH is 1. The highest BCUT2D eigenvalue weighted by Gasteiger charge is 2.28. The molecule has 0 aliphatic heterocycles. The number of rotatable bonds is 6. The van der Waals surface area contributed by atoms with Crippen LogP contribution in [0.1, 0.15) is 38.5 Å². The van der Waals surface area contributed by atoms with Crippen molar-refractivity contribution in [1.82, 2.24) is 9.71 Å². The highest BCUT2D eigenvalue weighted by molar-refractivity contribution is 7.89. The van der Waals surface area contributed by atoms with Gasteiger partial charge >= 0.3 is 0 Å². The van der Waals surface area contributed by atoms with Crippen LogP contribution in [0.4, 0.5) is 4.39 Å². The Balaban J connectivity index is 2.14. The zero-order valence-corrected chi connectivity index (χ0v) is 12.7. The van der Waals surface area contributed by atoms with Gasteiger partial charge < -0.3 is 5.11 Å². The van der Waals surface area contributed by atoms with Gasteiger partial charge in [0.1, 0.15) is 10.7 Å². The highest BCUT2D eigenvalue weighted by atomic mass is 32.2. The molecular weight excluding hydrogens is 295 g/mol. The number of aromatic nitrogens is 1. The van der Waals surface area contributed by atoms with Gasteiger partial charge in [0.05, 0.1) is 6.20 Å². The van der Waals surface area contributed by atoms with Crippen molar-refractivity contribution in [3.8, 4) is 0 Å². The summed E-state index contributed by atoms with van der Waals surface area (Å²) in [6.07, 6.45) is 7.69. The monoisotopic (exact) mass is 316 g/mol. The van der Waals surface area contributed by atoms with E-state index in [9.17, 15) is 17.9 Å². The molecule has 1 fully saturated rings. The van der Waals surface area contributed by atoms with Crippen molar-refractivity contribution >= 4 is 10.0 Å². The topological polar surface area (TPSA) is 79.3 Å². The molecule has 118 valence electrons. The second-order valence-electron chi connectivity index (χ2n) is 5.48. The van der Waals surface area contributed by atoms with Crippen LogP contribution in [0.25, 0.3) is 0 Å². The number of halogens is 1. The third kappa shape index (κ3) is 4.46. The molecule has 0 spiro atoms. The summed E-state index contributed by atoms with van der Waals surface area (Å²) < 4.78 is 40.4. The van der Waals surface area contributed by atoms with Crippen molar-refractivity contribution in [3.63, 3.8) is 0 Å². The van der Waals surface area contributed by atoms with Crippen molar-refractivity contribution in [2.24, 2.45) is 5.92 Å². The number of sulfonamides is 1. The number of pyridine rings is 1. The second kappa shape index (κ2) is 7.29. The van der Waals surface area contributed by atoms with E-state index in [2.05, 4.69) is 9.71 Å². The predicted molar refractivity (Wildman–Crippen MR) is 76.6 cm³/mol. The average molecular weight is 316 g/mol. The minimum Gasteiger partial charge on any atom is -0.396 e. The van der Waals surface area contributed by atoms with Gasteiger partial charge in [0.25, 0.3) is 0 Å². The highest BCUT2D eigenvalue weighted by Crippen LogP contribution is 2.28. The van der Waals surface area contributed by atoms with Crippen LogP contribution in [0.2, 0.25) is 0 Å². The van der Waals surface area contributed by atoms with Crippen LogP contribution in [0.5, 0.6) is 0 Å². The van der Waals surface area contributed by atoms with Gasteiger partial charge in [-0.2, -0.15) is 0 Å². The zero-order chi connectivity index (χ0) is 15.3. The molecule has 0 aromatic carbocycles. The van der Waals surface area contributed by atoms with E-state index in [0.717, 1.165) is 44.1 Å². The van der Waals surface area contributed by atoms with Crippen LogP contribution in [0.15, 0.2) is 23.4 Å². The fourth-order valence-corrected chi connectivity index (χ4v) is 4.19. The van der Waals surface area contributed by atoms with E-state index in [4.69, 9.17) is 0 Å². The summed E-state index contributed by atoms with van der Waals surface area (Å²) in [7, 11) is -3.82. The Morgan fingerprint density at radius 1 is 1.33 bits per heavy atom. The molecule has 1 atom stereocenters. The fraction of sp³-hybridized carbons (Fsp3) is 0.643. The maximum absolute atomic E-state index is 13.1. The summed E-state index contributed by atoms with van der Waals surface area (Å²) in [4.78, 5) is 3.39. The van der Waals surface area contributed by atoms with Crippen LogP contribution in [0, 0.1) is 11.7 Å². The number of aliphatic hydroxyl groups is 1. The maximum Gasteiger partial charge on any atom is 0.242 e. The van der Waals surface area contributed by atoms with Crippen LogP contribution in [0.3, 0.4) is 0 Å². The molecule has 7 heteroatoms. The summed E-state index contributed by atoms with van der Waals surface area (Å²) >= 11 is 0. The predicted octanol–water partition coefficient (Wildman–Crippen LogP) is 1.83. The van der Waals surface area contributed by atoms with E-state index < -0.39 is 15.8 Å². The molecule has 2 N–H and O–H groups in total. The van der Waals surface area contributed by atoms with Gasteiger partial charge in [-0.05, 0) is 31.2 Å². The van der Waals surface area contributed by atoms with Crippen molar-refractivity contribution in [2.75, 3.05) is 6.61 Å². The summed E-state index contributed by atoms with van der Waals surface area (Å²) in [5, 5.41) is 9.17. The first-order chi connectivity index (χ1) is 10.0. The summed E-state index contributed by atoms with van der Waals surface area (Å²) in [6, 6.07) is 0.634. The molecule has 2 rings (SSSR count). The molecule has 0 saturated heterocycles. The van der Waals surface area contributed by atoms with Crippen LogP contribution >= 0.6 is 0 Å². The van der Waals surface area contributed by atoms with Crippen molar-refractivity contribution in [2.45, 2.75) is 49.5 Å². The lowest BCUT2D eigenvalue weighted by atomic mass is 9.83. The molecular formula is C14H21FN2O3S. The van der Waals surface area contributed by atoms with E-state index >= 15 is 0 Å². The Bertz CT molecular complexity index is 559. The van der Waals surface area contributed by atoms with Crippen LogP contribution in [-0.2, 0) is 10.0 Å². The Morgan fingerprint density at radius 3 is 2.67 bits per heavy atom. The minimum absolute atomic E-state index is 0.0783. The molecule has 0 amide bonds. The minimum atomic E-state index is -3.82. The van der Waals surface area contributed by atoms with Gasteiger partial charge in [0, 0.05) is 18.8 Å². The van der Waals surface area contributed by atoms with Crippen molar-refractivity contribution in [1.29, 1.82) is 0 Å². The molecule has 1 aromatic heterocycles. The third-order valence-electron chi connectivity index (χ3n) is 3.96. The molecule has 21 heavy (non-hydrogen) atoms. The number of nitrogens with zero attached hydrogens (tertiary/aromatic N) is 1. The number of nitrogens with one attached hydrogen (secondary N) is 1. The summed E-state index contributed by atoms with van der Waals surface area (Å²) in [6.45, 7) is -0.0783. The third-order valence-corrected chi connectivity index (χ3v) is 5.41. The van der Waals surface area contributed by atoms with Gasteiger partial charge in [-0.15, -0.1) is 0 Å². The van der Waals surface area contributed by atoms with E-state index in [1.165, 1.54) is 6.42 Å². The lowest BCUT2D eigenvalue weighted by Crippen LogP contribution is -2.41. The lowest BCUT2D eigenvalue weighted by molar-refractivity contribution is 0.221. The zero-order valence-electron chi connectivity index (χ0n) is 11.8. The van der Waals surface area contributed by atoms with Gasteiger partial charge in [-0.25, -0.2) is 17.5 Å². The smallest absolute Gasteiger partial charge is 0.242 e. The van der Waals surface area contributed by atoms with E-state index in [1.807, 2.05) is 0 Å². The quantitative estimate of drug-likeness (QED) is 0.839. The standard InChI is InChI=1S/C14H21FN2O3S/c15-12-8-13(10-16-9-12)21(19,20)17-14(6-7-18)11-4-2-1-3-5-11/h8-11,14,17-18H,1-7H2/t14-/m1/s1. The van der Waals surface area contributed by atoms with Gasteiger partial charge in [-0.1, -0.05) is 19.3 Å². The largest absolute Gasteiger partial charge is 0.396 e. The van der Waals surface area contributed by atoms with E-state index in [0.29, 0.717) is 6.42 Å². The Morgan fingerprint density at radius 2 is 2.05 bits per heavy atom. The number of hydrogen-bond donors (Lipinski definition) is 2. The Labute approximate surface area is 124 Å². The van der Waals surface area contributed by atoms with E-state index in [1.54, 1.807) is 0 Å². The summed E-state index contributed by atoms with van der Waals surface area (Å²) in [5.74, 6) is -0.462. The van der Waals surface area contributed by atoms with E-state index in [-0.39, 0.29) is 23.5 Å². The lowest BCUT2D eigenvalue weighted by Gasteiger charge is -2.30. The molecule has 0 radical (unpaired) electrons. The molecule has 5 nitrogen and oxygen atoms in total. The van der Waals surface area contributed by atoms with Crippen LogP contribution < -0.4 is 4.72 Å². The molecule has 1 heterocycles.